The van der Waals surface area contributed by atoms with E-state index in [0.717, 1.165) is 0 Å². The molecule has 4 N–H and O–H groups in total. The maximum atomic E-state index is 14.9. The second-order valence-electron chi connectivity index (χ2n) is 10.7. The molecule has 8 nitrogen and oxygen atoms in total. The van der Waals surface area contributed by atoms with Crippen LogP contribution in [0.4, 0.5) is 9.18 Å². The third-order valence-electron chi connectivity index (χ3n) is 8.32. The van der Waals surface area contributed by atoms with Gasteiger partial charge in [0.05, 0.1) is 0 Å². The summed E-state index contributed by atoms with van der Waals surface area (Å²) in [6.45, 7) is 3.04. The summed E-state index contributed by atoms with van der Waals surface area (Å²) in [5, 5.41) is 20.2. The normalized spacial score (nSPS) is 21.9. The predicted molar refractivity (Wildman–Crippen MR) is 147 cm³/mol. The Hall–Kier alpha value is -4.24. The molecule has 0 radical (unpaired) electrons. The summed E-state index contributed by atoms with van der Waals surface area (Å²) in [7, 11) is 0. The van der Waals surface area contributed by atoms with Gasteiger partial charge in [-0.25, -0.2) is 9.18 Å². The standard InChI is InChI=1S/C31H32FN3O5/c1-18-24(9-4-10-27(18)32)28-25(29(38)19-5-2-7-22(36)13-19)16-35(21-11-12-34(15-21)31(33)40)17-26(28)30(39)20-6-3-8-23(37)14-20/h2-10,13-14,21,25-26,28,36-37H,11-12,15-17H2,1H3,(H2,33,40)/t21?,25-,26-/m0/s1. The van der Waals surface area contributed by atoms with Gasteiger partial charge < -0.3 is 20.8 Å². The molecule has 2 amide bonds. The van der Waals surface area contributed by atoms with Crippen molar-refractivity contribution in [2.75, 3.05) is 26.2 Å². The van der Waals surface area contributed by atoms with Crippen LogP contribution < -0.4 is 5.73 Å². The number of primary amides is 1. The molecule has 2 fully saturated rings. The molecule has 3 atom stereocenters. The molecule has 208 valence electrons. The van der Waals surface area contributed by atoms with E-state index in [-0.39, 0.29) is 42.2 Å². The molecule has 0 spiro atoms. The number of phenols is 2. The Balaban J connectivity index is 1.63. The van der Waals surface area contributed by atoms with Gasteiger partial charge in [0.2, 0.25) is 0 Å². The Morgan fingerprint density at radius 1 is 0.850 bits per heavy atom. The number of amides is 2. The van der Waals surface area contributed by atoms with E-state index in [1.54, 1.807) is 48.2 Å². The first-order chi connectivity index (χ1) is 19.1. The minimum Gasteiger partial charge on any atom is -0.508 e. The van der Waals surface area contributed by atoms with Crippen molar-refractivity contribution < 1.29 is 29.0 Å². The molecular formula is C31H32FN3O5. The van der Waals surface area contributed by atoms with Crippen LogP contribution in [0.5, 0.6) is 11.5 Å². The molecule has 5 rings (SSSR count). The molecule has 2 aliphatic heterocycles. The number of urea groups is 1. The summed E-state index contributed by atoms with van der Waals surface area (Å²) in [5.74, 6) is -3.28. The molecule has 3 aromatic carbocycles. The van der Waals surface area contributed by atoms with Crippen molar-refractivity contribution in [1.82, 2.24) is 9.80 Å². The van der Waals surface area contributed by atoms with Crippen LogP contribution in [0.1, 0.15) is 44.2 Å². The van der Waals surface area contributed by atoms with Crippen molar-refractivity contribution in [2.24, 2.45) is 17.6 Å². The van der Waals surface area contributed by atoms with Crippen LogP contribution in [0.25, 0.3) is 0 Å². The largest absolute Gasteiger partial charge is 0.508 e. The number of phenolic OH excluding ortho intramolecular Hbond substituents is 2. The zero-order valence-corrected chi connectivity index (χ0v) is 22.2. The summed E-state index contributed by atoms with van der Waals surface area (Å²) in [5.41, 5.74) is 7.05. The zero-order chi connectivity index (χ0) is 28.6. The topological polar surface area (TPSA) is 124 Å². The number of hydrogen-bond donors (Lipinski definition) is 3. The molecule has 40 heavy (non-hydrogen) atoms. The van der Waals surface area contributed by atoms with Gasteiger partial charge in [0.1, 0.15) is 17.3 Å². The van der Waals surface area contributed by atoms with Crippen molar-refractivity contribution in [1.29, 1.82) is 0 Å². The van der Waals surface area contributed by atoms with E-state index in [0.29, 0.717) is 41.8 Å². The zero-order valence-electron chi connectivity index (χ0n) is 22.2. The molecule has 9 heteroatoms. The lowest BCUT2D eigenvalue weighted by Crippen LogP contribution is -2.54. The fraction of sp³-hybridized carbons (Fsp3) is 0.323. The number of carbonyl (C=O) groups excluding carboxylic acids is 3. The van der Waals surface area contributed by atoms with Crippen LogP contribution in [0.2, 0.25) is 0 Å². The molecule has 0 saturated carbocycles. The highest BCUT2D eigenvalue weighted by molar-refractivity contribution is 6.02. The Labute approximate surface area is 231 Å². The van der Waals surface area contributed by atoms with Crippen LogP contribution in [-0.2, 0) is 0 Å². The summed E-state index contributed by atoms with van der Waals surface area (Å²) in [4.78, 5) is 43.8. The molecule has 2 heterocycles. The highest BCUT2D eigenvalue weighted by atomic mass is 19.1. The quantitative estimate of drug-likeness (QED) is 0.401. The Kier molecular flexibility index (Phi) is 7.58. The minimum atomic E-state index is -0.759. The number of halogens is 1. The van der Waals surface area contributed by atoms with Crippen molar-refractivity contribution in [3.8, 4) is 11.5 Å². The number of aromatic hydroxyl groups is 2. The maximum Gasteiger partial charge on any atom is 0.314 e. The summed E-state index contributed by atoms with van der Waals surface area (Å²) >= 11 is 0. The van der Waals surface area contributed by atoms with E-state index >= 15 is 0 Å². The molecule has 0 bridgehead atoms. The van der Waals surface area contributed by atoms with Crippen LogP contribution in [0.3, 0.4) is 0 Å². The maximum absolute atomic E-state index is 14.9. The van der Waals surface area contributed by atoms with Crippen molar-refractivity contribution in [3.05, 3.63) is 94.8 Å². The van der Waals surface area contributed by atoms with E-state index in [2.05, 4.69) is 4.90 Å². The number of nitrogens with zero attached hydrogens (tertiary/aromatic N) is 2. The van der Waals surface area contributed by atoms with Crippen LogP contribution >= 0.6 is 0 Å². The highest BCUT2D eigenvalue weighted by Crippen LogP contribution is 2.43. The third kappa shape index (κ3) is 5.29. The van der Waals surface area contributed by atoms with E-state index in [1.165, 1.54) is 30.3 Å². The van der Waals surface area contributed by atoms with E-state index in [9.17, 15) is 29.0 Å². The number of ketones is 2. The number of likely N-dealkylation sites (tertiary alicyclic amines) is 2. The number of nitrogens with two attached hydrogens (primary N) is 1. The molecule has 0 aliphatic carbocycles. The molecule has 1 unspecified atom stereocenters. The second kappa shape index (κ2) is 11.1. The van der Waals surface area contributed by atoms with Crippen molar-refractivity contribution in [2.45, 2.75) is 25.3 Å². The van der Waals surface area contributed by atoms with Gasteiger partial charge in [0, 0.05) is 61.1 Å². The fourth-order valence-electron chi connectivity index (χ4n) is 6.28. The molecule has 3 aromatic rings. The van der Waals surface area contributed by atoms with Gasteiger partial charge in [-0.15, -0.1) is 0 Å². The van der Waals surface area contributed by atoms with Crippen LogP contribution in [0.15, 0.2) is 66.7 Å². The number of rotatable bonds is 6. The van der Waals surface area contributed by atoms with Gasteiger partial charge >= 0.3 is 6.03 Å². The number of benzene rings is 3. The third-order valence-corrected chi connectivity index (χ3v) is 8.32. The minimum absolute atomic E-state index is 0.0581. The monoisotopic (exact) mass is 545 g/mol. The van der Waals surface area contributed by atoms with Crippen LogP contribution in [-0.4, -0.2) is 69.8 Å². The highest BCUT2D eigenvalue weighted by Gasteiger charge is 2.47. The van der Waals surface area contributed by atoms with E-state index < -0.39 is 29.6 Å². The average molecular weight is 546 g/mol. The summed E-state index contributed by atoms with van der Waals surface area (Å²) in [6.07, 6.45) is 0.632. The van der Waals surface area contributed by atoms with E-state index in [4.69, 9.17) is 5.73 Å². The Morgan fingerprint density at radius 3 is 1.90 bits per heavy atom. The lowest BCUT2D eigenvalue weighted by molar-refractivity contribution is 0.0465. The van der Waals surface area contributed by atoms with Crippen molar-refractivity contribution in [3.63, 3.8) is 0 Å². The summed E-state index contributed by atoms with van der Waals surface area (Å²) in [6, 6.07) is 16.2. The predicted octanol–water partition coefficient (Wildman–Crippen LogP) is 4.10. The average Bonchev–Trinajstić information content (AvgIpc) is 3.44. The van der Waals surface area contributed by atoms with Gasteiger partial charge in [-0.1, -0.05) is 36.4 Å². The number of Topliss-reactive ketones (excluding diaryl/α,β-unsaturated/α-hetero) is 2. The first-order valence-corrected chi connectivity index (χ1v) is 13.3. The Bertz CT molecular complexity index is 1390. The Morgan fingerprint density at radius 2 is 1.40 bits per heavy atom. The van der Waals surface area contributed by atoms with Crippen molar-refractivity contribution >= 4 is 17.6 Å². The van der Waals surface area contributed by atoms with E-state index in [1.807, 2.05) is 0 Å². The lowest BCUT2D eigenvalue weighted by atomic mass is 9.67. The number of carbonyl (C=O) groups is 3. The fourth-order valence-corrected chi connectivity index (χ4v) is 6.28. The van der Waals surface area contributed by atoms with Gasteiger partial charge in [-0.3, -0.25) is 14.5 Å². The molecular weight excluding hydrogens is 513 g/mol. The van der Waals surface area contributed by atoms with Gasteiger partial charge in [0.15, 0.2) is 11.6 Å². The smallest absolute Gasteiger partial charge is 0.314 e. The first kappa shape index (κ1) is 27.3. The molecule has 2 aliphatic rings. The second-order valence-corrected chi connectivity index (χ2v) is 10.7. The van der Waals surface area contributed by atoms with Gasteiger partial charge in [-0.05, 0) is 54.8 Å². The SMILES string of the molecule is Cc1c(F)cccc1C1[C@@H](C(=O)c2cccc(O)c2)CN(C2CCN(C(N)=O)C2)C[C@@H]1C(=O)c1cccc(O)c1. The number of piperidine rings is 1. The first-order valence-electron chi connectivity index (χ1n) is 13.3. The molecule has 0 aromatic heterocycles. The lowest BCUT2D eigenvalue weighted by Gasteiger charge is -2.45. The summed E-state index contributed by atoms with van der Waals surface area (Å²) < 4.78 is 14.9. The van der Waals surface area contributed by atoms with Gasteiger partial charge in [0.25, 0.3) is 0 Å². The van der Waals surface area contributed by atoms with Gasteiger partial charge in [-0.2, -0.15) is 0 Å². The molecule has 2 saturated heterocycles. The van der Waals surface area contributed by atoms with Crippen LogP contribution in [0, 0.1) is 24.6 Å². The number of hydrogen-bond acceptors (Lipinski definition) is 6.